The molecule has 3 heterocycles. The van der Waals surface area contributed by atoms with E-state index in [1.165, 1.54) is 24.0 Å². The summed E-state index contributed by atoms with van der Waals surface area (Å²) < 4.78 is 17.3. The molecule has 0 aliphatic heterocycles. The van der Waals surface area contributed by atoms with Crippen LogP contribution < -0.4 is 0 Å². The van der Waals surface area contributed by atoms with Crippen LogP contribution in [0.1, 0.15) is 11.1 Å². The molecule has 0 radical (unpaired) electrons. The number of rotatable bonds is 5. The maximum atomic E-state index is 13.8. The summed E-state index contributed by atoms with van der Waals surface area (Å²) in [6, 6.07) is 12.7. The highest BCUT2D eigenvalue weighted by Gasteiger charge is 2.18. The van der Waals surface area contributed by atoms with E-state index in [-0.39, 0.29) is 12.2 Å². The summed E-state index contributed by atoms with van der Waals surface area (Å²) in [6.07, 6.45) is 4.89. The van der Waals surface area contributed by atoms with Gasteiger partial charge in [0, 0.05) is 23.5 Å². The third-order valence-corrected chi connectivity index (χ3v) is 5.57. The number of nitrogens with zero attached hydrogens (tertiary/aromatic N) is 3. The van der Waals surface area contributed by atoms with Crippen molar-refractivity contribution in [1.82, 2.24) is 14.2 Å². The third kappa shape index (κ3) is 3.33. The fourth-order valence-electron chi connectivity index (χ4n) is 3.09. The van der Waals surface area contributed by atoms with Crippen LogP contribution in [0.25, 0.3) is 11.2 Å². The first-order chi connectivity index (χ1) is 13.0. The van der Waals surface area contributed by atoms with Gasteiger partial charge in [-0.05, 0) is 60.5 Å². The molecule has 1 N–H and O–H groups in total. The first-order valence-electron chi connectivity index (χ1n) is 8.31. The maximum Gasteiger partial charge on any atom is 0.307 e. The van der Waals surface area contributed by atoms with Crippen LogP contribution in [0.4, 0.5) is 4.39 Å². The first kappa shape index (κ1) is 17.4. The van der Waals surface area contributed by atoms with Crippen LogP contribution in [-0.4, -0.2) is 25.3 Å². The molecule has 0 atom stereocenters. The molecular formula is C20H16FN3O2S. The number of aliphatic carboxylic acids is 1. The number of benzene rings is 1. The van der Waals surface area contributed by atoms with E-state index in [9.17, 15) is 14.3 Å². The number of carbonyl (C=O) groups is 1. The van der Waals surface area contributed by atoms with E-state index in [2.05, 4.69) is 5.10 Å². The quantitative estimate of drug-likeness (QED) is 0.558. The van der Waals surface area contributed by atoms with Crippen LogP contribution in [0.15, 0.2) is 71.0 Å². The second kappa shape index (κ2) is 6.92. The van der Waals surface area contributed by atoms with Gasteiger partial charge in [0.25, 0.3) is 0 Å². The minimum absolute atomic E-state index is 0.0975. The van der Waals surface area contributed by atoms with Crippen molar-refractivity contribution in [3.8, 4) is 5.69 Å². The minimum Gasteiger partial charge on any atom is -0.481 e. The van der Waals surface area contributed by atoms with E-state index < -0.39 is 5.97 Å². The number of carboxylic acids is 1. The molecule has 0 bridgehead atoms. The average Bonchev–Trinajstić information content (AvgIpc) is 3.26. The zero-order valence-corrected chi connectivity index (χ0v) is 15.3. The average molecular weight is 381 g/mol. The number of hydrogen-bond donors (Lipinski definition) is 1. The topological polar surface area (TPSA) is 59.5 Å². The summed E-state index contributed by atoms with van der Waals surface area (Å²) in [4.78, 5) is 12.2. The summed E-state index contributed by atoms with van der Waals surface area (Å²) in [5, 5.41) is 14.2. The van der Waals surface area contributed by atoms with E-state index in [1.807, 2.05) is 43.5 Å². The van der Waals surface area contributed by atoms with Gasteiger partial charge in [0.15, 0.2) is 0 Å². The predicted molar refractivity (Wildman–Crippen MR) is 101 cm³/mol. The van der Waals surface area contributed by atoms with Crippen LogP contribution in [0.3, 0.4) is 0 Å². The van der Waals surface area contributed by atoms with Crippen molar-refractivity contribution < 1.29 is 14.3 Å². The largest absolute Gasteiger partial charge is 0.481 e. The molecule has 0 aliphatic carbocycles. The van der Waals surface area contributed by atoms with Gasteiger partial charge in [-0.2, -0.15) is 5.10 Å². The monoisotopic (exact) mass is 381 g/mol. The fourth-order valence-corrected chi connectivity index (χ4v) is 4.11. The molecule has 0 amide bonds. The number of hydrogen-bond acceptors (Lipinski definition) is 3. The highest BCUT2D eigenvalue weighted by Crippen LogP contribution is 2.36. The Morgan fingerprint density at radius 2 is 2.00 bits per heavy atom. The lowest BCUT2D eigenvalue weighted by Gasteiger charge is -2.06. The maximum absolute atomic E-state index is 13.8. The van der Waals surface area contributed by atoms with Crippen molar-refractivity contribution in [2.75, 3.05) is 0 Å². The molecular weight excluding hydrogens is 365 g/mol. The zero-order chi connectivity index (χ0) is 19.0. The highest BCUT2D eigenvalue weighted by atomic mass is 32.2. The molecule has 0 saturated heterocycles. The normalized spacial score (nSPS) is 11.2. The molecule has 0 spiro atoms. The SMILES string of the molecule is Cc1c(CC(=O)O)c2ccc(F)cn2c1Sc1ccc(-n2cccn2)cc1. The van der Waals surface area contributed by atoms with Gasteiger partial charge < -0.3 is 9.51 Å². The Kier molecular flexibility index (Phi) is 4.45. The van der Waals surface area contributed by atoms with Crippen LogP contribution in [0.5, 0.6) is 0 Å². The Balaban J connectivity index is 1.74. The second-order valence-electron chi connectivity index (χ2n) is 6.13. The zero-order valence-electron chi connectivity index (χ0n) is 14.5. The minimum atomic E-state index is -0.907. The van der Waals surface area contributed by atoms with Crippen LogP contribution in [0, 0.1) is 12.7 Å². The molecule has 0 saturated carbocycles. The van der Waals surface area contributed by atoms with Gasteiger partial charge in [-0.25, -0.2) is 9.07 Å². The van der Waals surface area contributed by atoms with E-state index in [1.54, 1.807) is 21.3 Å². The summed E-state index contributed by atoms with van der Waals surface area (Å²) in [7, 11) is 0. The van der Waals surface area contributed by atoms with Crippen molar-refractivity contribution in [2.45, 2.75) is 23.3 Å². The number of aromatic nitrogens is 3. The van der Waals surface area contributed by atoms with Crippen molar-refractivity contribution >= 4 is 23.2 Å². The predicted octanol–water partition coefficient (Wildman–Crippen LogP) is 4.35. The van der Waals surface area contributed by atoms with Crippen LogP contribution in [0.2, 0.25) is 0 Å². The summed E-state index contributed by atoms with van der Waals surface area (Å²) >= 11 is 1.48. The molecule has 0 fully saturated rings. The van der Waals surface area contributed by atoms with Gasteiger partial charge in [0.2, 0.25) is 0 Å². The van der Waals surface area contributed by atoms with E-state index in [0.29, 0.717) is 11.1 Å². The number of fused-ring (bicyclic) bond motifs is 1. The lowest BCUT2D eigenvalue weighted by molar-refractivity contribution is -0.136. The number of pyridine rings is 1. The highest BCUT2D eigenvalue weighted by molar-refractivity contribution is 7.99. The lowest BCUT2D eigenvalue weighted by atomic mass is 10.1. The summed E-state index contributed by atoms with van der Waals surface area (Å²) in [5.74, 6) is -1.27. The first-order valence-corrected chi connectivity index (χ1v) is 9.13. The third-order valence-electron chi connectivity index (χ3n) is 4.36. The Morgan fingerprint density at radius 1 is 1.22 bits per heavy atom. The van der Waals surface area contributed by atoms with Crippen molar-refractivity contribution in [3.05, 3.63) is 78.0 Å². The lowest BCUT2D eigenvalue weighted by Crippen LogP contribution is -2.00. The molecule has 4 rings (SSSR count). The number of carboxylic acid groups (broad SMARTS) is 1. The fraction of sp³-hybridized carbons (Fsp3) is 0.100. The smallest absolute Gasteiger partial charge is 0.307 e. The molecule has 7 heteroatoms. The Bertz CT molecular complexity index is 1120. The Labute approximate surface area is 159 Å². The van der Waals surface area contributed by atoms with Gasteiger partial charge >= 0.3 is 5.97 Å². The van der Waals surface area contributed by atoms with E-state index in [0.717, 1.165) is 21.2 Å². The molecule has 136 valence electrons. The molecule has 5 nitrogen and oxygen atoms in total. The van der Waals surface area contributed by atoms with Crippen molar-refractivity contribution in [2.24, 2.45) is 0 Å². The van der Waals surface area contributed by atoms with Crippen molar-refractivity contribution in [3.63, 3.8) is 0 Å². The molecule has 1 aromatic carbocycles. The van der Waals surface area contributed by atoms with Crippen LogP contribution >= 0.6 is 11.8 Å². The summed E-state index contributed by atoms with van der Waals surface area (Å²) in [5.41, 5.74) is 3.22. The summed E-state index contributed by atoms with van der Waals surface area (Å²) in [6.45, 7) is 1.88. The van der Waals surface area contributed by atoms with E-state index in [4.69, 9.17) is 0 Å². The van der Waals surface area contributed by atoms with Gasteiger partial charge in [0.1, 0.15) is 5.82 Å². The molecule has 3 aromatic heterocycles. The van der Waals surface area contributed by atoms with Crippen molar-refractivity contribution in [1.29, 1.82) is 0 Å². The molecule has 0 aliphatic rings. The van der Waals surface area contributed by atoms with Gasteiger partial charge in [-0.1, -0.05) is 11.8 Å². The molecule has 27 heavy (non-hydrogen) atoms. The molecule has 4 aromatic rings. The standard InChI is InChI=1S/C20H16FN3O2S/c1-13-17(11-19(25)26)18-8-3-14(21)12-23(18)20(13)27-16-6-4-15(5-7-16)24-10-2-9-22-24/h2-10,12H,11H2,1H3,(H,25,26). The van der Waals surface area contributed by atoms with Crippen LogP contribution in [-0.2, 0) is 11.2 Å². The van der Waals surface area contributed by atoms with Gasteiger partial charge in [0.05, 0.1) is 22.7 Å². The Hall–Kier alpha value is -3.06. The second-order valence-corrected chi connectivity index (χ2v) is 7.19. The number of halogens is 1. The van der Waals surface area contributed by atoms with E-state index >= 15 is 0 Å². The molecule has 0 unspecified atom stereocenters. The van der Waals surface area contributed by atoms with Gasteiger partial charge in [-0.3, -0.25) is 4.79 Å². The van der Waals surface area contributed by atoms with Gasteiger partial charge in [-0.15, -0.1) is 0 Å². The Morgan fingerprint density at radius 3 is 2.67 bits per heavy atom.